The Balaban J connectivity index is 1.52. The number of amides is 1. The van der Waals surface area contributed by atoms with Crippen LogP contribution in [-0.4, -0.2) is 30.0 Å². The molecule has 4 nitrogen and oxygen atoms in total. The van der Waals surface area contributed by atoms with E-state index < -0.39 is 0 Å². The summed E-state index contributed by atoms with van der Waals surface area (Å²) < 4.78 is 0. The second-order valence-electron chi connectivity index (χ2n) is 7.29. The molecule has 0 unspecified atom stereocenters. The van der Waals surface area contributed by atoms with E-state index >= 15 is 0 Å². The molecule has 0 aliphatic carbocycles. The first kappa shape index (κ1) is 17.5. The number of carbonyl (C=O) groups excluding carboxylic acids is 1. The van der Waals surface area contributed by atoms with Gasteiger partial charge in [0.05, 0.1) is 18.3 Å². The highest BCUT2D eigenvalue weighted by atomic mass is 16.1. The molecule has 0 radical (unpaired) electrons. The first-order valence-corrected chi connectivity index (χ1v) is 9.06. The Bertz CT molecular complexity index is 724. The smallest absolute Gasteiger partial charge is 0.224 e. The predicted octanol–water partition coefficient (Wildman–Crippen LogP) is 3.45. The Kier molecular flexibility index (Phi) is 5.37. The lowest BCUT2D eigenvalue weighted by atomic mass is 10.0. The highest BCUT2D eigenvalue weighted by Gasteiger charge is 2.24. The Hall–Kier alpha value is -2.36. The number of aromatic nitrogens is 1. The summed E-state index contributed by atoms with van der Waals surface area (Å²) in [6.45, 7) is 8.22. The van der Waals surface area contributed by atoms with Crippen molar-refractivity contribution >= 4 is 11.6 Å². The average molecular weight is 337 g/mol. The van der Waals surface area contributed by atoms with Crippen LogP contribution < -0.4 is 10.2 Å². The monoisotopic (exact) mass is 337 g/mol. The van der Waals surface area contributed by atoms with Gasteiger partial charge in [0.2, 0.25) is 5.91 Å². The summed E-state index contributed by atoms with van der Waals surface area (Å²) in [4.78, 5) is 18.9. The fraction of sp³-hybridized carbons (Fsp3) is 0.429. The largest absolute Gasteiger partial charge is 0.368 e. The number of hydrogen-bond acceptors (Lipinski definition) is 3. The maximum absolute atomic E-state index is 12.3. The highest BCUT2D eigenvalue weighted by molar-refractivity contribution is 5.79. The summed E-state index contributed by atoms with van der Waals surface area (Å²) in [6, 6.07) is 10.7. The van der Waals surface area contributed by atoms with Gasteiger partial charge in [-0.15, -0.1) is 0 Å². The van der Waals surface area contributed by atoms with Crippen molar-refractivity contribution < 1.29 is 4.79 Å². The first-order chi connectivity index (χ1) is 12.0. The molecule has 1 aliphatic heterocycles. The summed E-state index contributed by atoms with van der Waals surface area (Å²) in [5.41, 5.74) is 4.68. The zero-order chi connectivity index (χ0) is 17.8. The standard InChI is InChI=1S/C21H27N3O/c1-15(2)18-6-4-17(5-7-18)11-21(25)23-19-8-9-24(14-19)20-10-16(3)12-22-13-20/h4-7,10,12-13,15,19H,8-9,11,14H2,1-3H3,(H,23,25)/t19-/m0/s1. The minimum absolute atomic E-state index is 0.103. The van der Waals surface area contributed by atoms with E-state index in [-0.39, 0.29) is 11.9 Å². The van der Waals surface area contributed by atoms with Gasteiger partial charge in [-0.2, -0.15) is 0 Å². The lowest BCUT2D eigenvalue weighted by molar-refractivity contribution is -0.121. The SMILES string of the molecule is Cc1cncc(N2CC[C@H](NC(=O)Cc3ccc(C(C)C)cc3)C2)c1. The fourth-order valence-corrected chi connectivity index (χ4v) is 3.31. The topological polar surface area (TPSA) is 45.2 Å². The van der Waals surface area contributed by atoms with Gasteiger partial charge in [-0.3, -0.25) is 9.78 Å². The number of aryl methyl sites for hydroxylation is 1. The van der Waals surface area contributed by atoms with E-state index in [4.69, 9.17) is 0 Å². The van der Waals surface area contributed by atoms with E-state index in [1.807, 2.05) is 12.4 Å². The van der Waals surface area contributed by atoms with Crippen molar-refractivity contribution in [3.05, 3.63) is 59.4 Å². The van der Waals surface area contributed by atoms with Crippen molar-refractivity contribution in [2.24, 2.45) is 0 Å². The molecule has 3 rings (SSSR count). The van der Waals surface area contributed by atoms with Gasteiger partial charge >= 0.3 is 0 Å². The Morgan fingerprint density at radius 1 is 1.28 bits per heavy atom. The normalized spacial score (nSPS) is 17.1. The number of rotatable bonds is 5. The van der Waals surface area contributed by atoms with Crippen LogP contribution in [0.5, 0.6) is 0 Å². The molecule has 0 saturated carbocycles. The van der Waals surface area contributed by atoms with Gasteiger partial charge in [0.25, 0.3) is 0 Å². The van der Waals surface area contributed by atoms with E-state index in [1.165, 1.54) is 5.56 Å². The molecule has 132 valence electrons. The van der Waals surface area contributed by atoms with Crippen molar-refractivity contribution in [1.82, 2.24) is 10.3 Å². The third kappa shape index (κ3) is 4.59. The number of nitrogens with one attached hydrogen (secondary N) is 1. The quantitative estimate of drug-likeness (QED) is 0.909. The van der Waals surface area contributed by atoms with E-state index in [0.29, 0.717) is 12.3 Å². The Morgan fingerprint density at radius 2 is 2.04 bits per heavy atom. The van der Waals surface area contributed by atoms with Crippen molar-refractivity contribution in [2.45, 2.75) is 45.6 Å². The number of anilines is 1. The number of hydrogen-bond donors (Lipinski definition) is 1. The second-order valence-corrected chi connectivity index (χ2v) is 7.29. The van der Waals surface area contributed by atoms with Crippen LogP contribution in [0.2, 0.25) is 0 Å². The van der Waals surface area contributed by atoms with Crippen molar-refractivity contribution in [1.29, 1.82) is 0 Å². The Morgan fingerprint density at radius 3 is 2.72 bits per heavy atom. The molecule has 25 heavy (non-hydrogen) atoms. The summed E-state index contributed by atoms with van der Waals surface area (Å²) >= 11 is 0. The first-order valence-electron chi connectivity index (χ1n) is 9.06. The highest BCUT2D eigenvalue weighted by Crippen LogP contribution is 2.20. The van der Waals surface area contributed by atoms with Crippen LogP contribution in [0, 0.1) is 6.92 Å². The molecule has 1 aromatic heterocycles. The zero-order valence-electron chi connectivity index (χ0n) is 15.3. The van der Waals surface area contributed by atoms with E-state index in [0.717, 1.165) is 36.3 Å². The lowest BCUT2D eigenvalue weighted by Gasteiger charge is -2.19. The van der Waals surface area contributed by atoms with Gasteiger partial charge in [-0.1, -0.05) is 38.1 Å². The molecule has 0 bridgehead atoms. The average Bonchev–Trinajstić information content (AvgIpc) is 3.03. The molecule has 1 saturated heterocycles. The van der Waals surface area contributed by atoms with E-state index in [1.54, 1.807) is 0 Å². The minimum atomic E-state index is 0.103. The molecule has 1 atom stereocenters. The lowest BCUT2D eigenvalue weighted by Crippen LogP contribution is -2.38. The molecule has 0 spiro atoms. The summed E-state index contributed by atoms with van der Waals surface area (Å²) in [5.74, 6) is 0.620. The maximum Gasteiger partial charge on any atom is 0.224 e. The van der Waals surface area contributed by atoms with Gasteiger partial charge in [0.1, 0.15) is 0 Å². The minimum Gasteiger partial charge on any atom is -0.368 e. The van der Waals surface area contributed by atoms with Crippen LogP contribution in [0.3, 0.4) is 0 Å². The van der Waals surface area contributed by atoms with Crippen LogP contribution in [-0.2, 0) is 11.2 Å². The van der Waals surface area contributed by atoms with Gasteiger partial charge in [-0.05, 0) is 42.0 Å². The number of benzene rings is 1. The third-order valence-electron chi connectivity index (χ3n) is 4.79. The molecule has 2 aromatic rings. The van der Waals surface area contributed by atoms with Gasteiger partial charge < -0.3 is 10.2 Å². The molecular formula is C21H27N3O. The number of nitrogens with zero attached hydrogens (tertiary/aromatic N) is 2. The molecule has 2 heterocycles. The summed E-state index contributed by atoms with van der Waals surface area (Å²) in [6.07, 6.45) is 5.18. The second kappa shape index (κ2) is 7.68. The van der Waals surface area contributed by atoms with E-state index in [2.05, 4.69) is 66.3 Å². The maximum atomic E-state index is 12.3. The summed E-state index contributed by atoms with van der Waals surface area (Å²) in [5, 5.41) is 3.18. The number of carbonyl (C=O) groups is 1. The van der Waals surface area contributed by atoms with Crippen molar-refractivity contribution in [3.8, 4) is 0 Å². The van der Waals surface area contributed by atoms with Crippen LogP contribution in [0.1, 0.15) is 42.9 Å². The molecule has 1 fully saturated rings. The van der Waals surface area contributed by atoms with Crippen LogP contribution in [0.15, 0.2) is 42.7 Å². The van der Waals surface area contributed by atoms with Crippen molar-refractivity contribution in [3.63, 3.8) is 0 Å². The molecule has 4 heteroatoms. The zero-order valence-corrected chi connectivity index (χ0v) is 15.3. The Labute approximate surface area is 150 Å². The van der Waals surface area contributed by atoms with Crippen LogP contribution >= 0.6 is 0 Å². The molecule has 1 aromatic carbocycles. The summed E-state index contributed by atoms with van der Waals surface area (Å²) in [7, 11) is 0. The van der Waals surface area contributed by atoms with Gasteiger partial charge in [0, 0.05) is 25.3 Å². The number of pyridine rings is 1. The van der Waals surface area contributed by atoms with Crippen LogP contribution in [0.4, 0.5) is 5.69 Å². The van der Waals surface area contributed by atoms with Gasteiger partial charge in [0.15, 0.2) is 0 Å². The van der Waals surface area contributed by atoms with Gasteiger partial charge in [-0.25, -0.2) is 0 Å². The van der Waals surface area contributed by atoms with Crippen molar-refractivity contribution in [2.75, 3.05) is 18.0 Å². The third-order valence-corrected chi connectivity index (χ3v) is 4.79. The molecule has 1 N–H and O–H groups in total. The van der Waals surface area contributed by atoms with Crippen LogP contribution in [0.25, 0.3) is 0 Å². The van der Waals surface area contributed by atoms with E-state index in [9.17, 15) is 4.79 Å². The molecular weight excluding hydrogens is 310 g/mol. The molecule has 1 amide bonds. The molecule has 1 aliphatic rings. The fourth-order valence-electron chi connectivity index (χ4n) is 3.31. The predicted molar refractivity (Wildman–Crippen MR) is 102 cm³/mol.